The molecule has 0 spiro atoms. The van der Waals surface area contributed by atoms with Gasteiger partial charge in [0.05, 0.1) is 18.1 Å². The zero-order chi connectivity index (χ0) is 22.5. The fourth-order valence-electron chi connectivity index (χ4n) is 4.20. The van der Waals surface area contributed by atoms with Gasteiger partial charge < -0.3 is 25.4 Å². The van der Waals surface area contributed by atoms with Gasteiger partial charge in [-0.15, -0.1) is 0 Å². The third-order valence-electron chi connectivity index (χ3n) is 6.05. The zero-order valence-electron chi connectivity index (χ0n) is 17.7. The normalized spacial score (nSPS) is 19.4. The highest BCUT2D eigenvalue weighted by Gasteiger charge is 2.27. The fraction of sp³-hybridized carbons (Fsp3) is 0.375. The van der Waals surface area contributed by atoms with Crippen LogP contribution in [0.25, 0.3) is 10.9 Å². The van der Waals surface area contributed by atoms with Gasteiger partial charge in [0, 0.05) is 18.2 Å². The lowest BCUT2D eigenvalue weighted by Gasteiger charge is -2.28. The fourth-order valence-corrected chi connectivity index (χ4v) is 4.20. The van der Waals surface area contributed by atoms with Gasteiger partial charge in [0.15, 0.2) is 0 Å². The van der Waals surface area contributed by atoms with Crippen molar-refractivity contribution in [2.75, 3.05) is 18.5 Å². The van der Waals surface area contributed by atoms with E-state index < -0.39 is 6.10 Å². The number of amides is 2. The smallest absolute Gasteiger partial charge is 0.294 e. The average Bonchev–Trinajstić information content (AvgIpc) is 3.27. The molecule has 1 unspecified atom stereocenters. The summed E-state index contributed by atoms with van der Waals surface area (Å²) in [6.45, 7) is -0.287. The Balaban J connectivity index is 1.30. The standard InChI is InChI=1S/C24H27N3O5/c28-14-19(29)13-25-23(30)17-7-5-15(6-8-17)16-9-11-18(12-10-16)26-24(31)22-20-3-1-2-4-21(20)27-32-22/h1-4,9-12,15,17,19,28-29H,5-8,13-14H2,(H,25,30)(H,26,31)/t15-,17-,19?. The third kappa shape index (κ3) is 4.98. The number of anilines is 1. The van der Waals surface area contributed by atoms with E-state index in [1.807, 2.05) is 36.4 Å². The molecule has 0 saturated heterocycles. The molecule has 1 aliphatic rings. The van der Waals surface area contributed by atoms with Crippen LogP contribution in [-0.2, 0) is 4.79 Å². The first-order valence-corrected chi connectivity index (χ1v) is 10.9. The molecule has 8 nitrogen and oxygen atoms in total. The highest BCUT2D eigenvalue weighted by molar-refractivity contribution is 6.10. The summed E-state index contributed by atoms with van der Waals surface area (Å²) < 4.78 is 5.21. The summed E-state index contributed by atoms with van der Waals surface area (Å²) in [7, 11) is 0. The molecule has 0 aliphatic heterocycles. The van der Waals surface area contributed by atoms with Crippen molar-refractivity contribution in [3.05, 3.63) is 59.9 Å². The molecule has 1 saturated carbocycles. The van der Waals surface area contributed by atoms with Gasteiger partial charge >= 0.3 is 0 Å². The van der Waals surface area contributed by atoms with E-state index in [4.69, 9.17) is 9.63 Å². The van der Waals surface area contributed by atoms with Gasteiger partial charge in [0.1, 0.15) is 5.52 Å². The van der Waals surface area contributed by atoms with Crippen LogP contribution >= 0.6 is 0 Å². The van der Waals surface area contributed by atoms with Crippen LogP contribution in [0.2, 0.25) is 0 Å². The van der Waals surface area contributed by atoms with E-state index >= 15 is 0 Å². The Kier molecular flexibility index (Phi) is 6.82. The van der Waals surface area contributed by atoms with E-state index in [-0.39, 0.29) is 36.6 Å². The molecule has 2 aromatic carbocycles. The van der Waals surface area contributed by atoms with E-state index in [1.165, 1.54) is 5.56 Å². The van der Waals surface area contributed by atoms with Crippen LogP contribution in [0.5, 0.6) is 0 Å². The molecule has 4 rings (SSSR count). The molecular weight excluding hydrogens is 410 g/mol. The SMILES string of the molecule is O=C(Nc1ccc([C@H]2CC[C@H](C(=O)NCC(O)CO)CC2)cc1)c1onc2ccccc12. The number of hydrogen-bond acceptors (Lipinski definition) is 6. The number of nitrogens with one attached hydrogen (secondary N) is 2. The molecule has 0 bridgehead atoms. The van der Waals surface area contributed by atoms with Gasteiger partial charge in [-0.3, -0.25) is 9.59 Å². The Morgan fingerprint density at radius 3 is 2.50 bits per heavy atom. The lowest BCUT2D eigenvalue weighted by molar-refractivity contribution is -0.126. The second-order valence-electron chi connectivity index (χ2n) is 8.24. The lowest BCUT2D eigenvalue weighted by atomic mass is 9.78. The summed E-state index contributed by atoms with van der Waals surface area (Å²) in [6, 6.07) is 15.0. The number of rotatable bonds is 7. The van der Waals surface area contributed by atoms with Crippen molar-refractivity contribution >= 4 is 28.4 Å². The number of nitrogens with zero attached hydrogens (tertiary/aromatic N) is 1. The van der Waals surface area contributed by atoms with E-state index in [9.17, 15) is 14.7 Å². The number of benzene rings is 2. The maximum absolute atomic E-state index is 12.6. The van der Waals surface area contributed by atoms with Crippen LogP contribution in [0.4, 0.5) is 5.69 Å². The number of carbonyl (C=O) groups excluding carboxylic acids is 2. The Bertz CT molecular complexity index is 1070. The highest BCUT2D eigenvalue weighted by Crippen LogP contribution is 2.36. The molecule has 1 aromatic heterocycles. The summed E-state index contributed by atoms with van der Waals surface area (Å²) in [5.74, 6) is 0.0866. The predicted octanol–water partition coefficient (Wildman–Crippen LogP) is 2.82. The van der Waals surface area contributed by atoms with Crippen molar-refractivity contribution in [1.82, 2.24) is 10.5 Å². The molecule has 2 amide bonds. The Morgan fingerprint density at radius 1 is 1.06 bits per heavy atom. The van der Waals surface area contributed by atoms with Crippen molar-refractivity contribution in [3.63, 3.8) is 0 Å². The summed E-state index contributed by atoms with van der Waals surface area (Å²) in [4.78, 5) is 24.8. The quantitative estimate of drug-likeness (QED) is 0.451. The number of aromatic nitrogens is 1. The van der Waals surface area contributed by atoms with Crippen molar-refractivity contribution in [3.8, 4) is 0 Å². The minimum absolute atomic E-state index is 0.0612. The molecule has 1 fully saturated rings. The number of carbonyl (C=O) groups is 2. The Labute approximate surface area is 185 Å². The first-order chi connectivity index (χ1) is 15.5. The maximum atomic E-state index is 12.6. The van der Waals surface area contributed by atoms with Crippen molar-refractivity contribution in [1.29, 1.82) is 0 Å². The summed E-state index contributed by atoms with van der Waals surface area (Å²) in [5.41, 5.74) is 2.50. The lowest BCUT2D eigenvalue weighted by Crippen LogP contribution is -2.38. The van der Waals surface area contributed by atoms with Crippen LogP contribution in [-0.4, -0.2) is 46.4 Å². The van der Waals surface area contributed by atoms with Gasteiger partial charge in [0.25, 0.3) is 5.91 Å². The van der Waals surface area contributed by atoms with Crippen molar-refractivity contribution < 1.29 is 24.3 Å². The predicted molar refractivity (Wildman–Crippen MR) is 119 cm³/mol. The highest BCUT2D eigenvalue weighted by atomic mass is 16.5. The van der Waals surface area contributed by atoms with Gasteiger partial charge in [0.2, 0.25) is 11.7 Å². The van der Waals surface area contributed by atoms with E-state index in [2.05, 4.69) is 15.8 Å². The van der Waals surface area contributed by atoms with Crippen LogP contribution in [0.1, 0.15) is 47.7 Å². The molecule has 0 radical (unpaired) electrons. The third-order valence-corrected chi connectivity index (χ3v) is 6.05. The Hall–Kier alpha value is -3.23. The second kappa shape index (κ2) is 9.93. The Morgan fingerprint density at radius 2 is 1.78 bits per heavy atom. The molecule has 1 atom stereocenters. The second-order valence-corrected chi connectivity index (χ2v) is 8.24. The number of aliphatic hydroxyl groups is 2. The van der Waals surface area contributed by atoms with Crippen LogP contribution in [0, 0.1) is 5.92 Å². The number of fused-ring (bicyclic) bond motifs is 1. The first-order valence-electron chi connectivity index (χ1n) is 10.9. The monoisotopic (exact) mass is 437 g/mol. The summed E-state index contributed by atoms with van der Waals surface area (Å²) in [6.07, 6.45) is 2.44. The van der Waals surface area contributed by atoms with Crippen molar-refractivity contribution in [2.45, 2.75) is 37.7 Å². The van der Waals surface area contributed by atoms with Gasteiger partial charge in [-0.25, -0.2) is 0 Å². The minimum atomic E-state index is -0.919. The molecule has 8 heteroatoms. The van der Waals surface area contributed by atoms with Crippen LogP contribution < -0.4 is 10.6 Å². The zero-order valence-corrected chi connectivity index (χ0v) is 17.7. The largest absolute Gasteiger partial charge is 0.394 e. The summed E-state index contributed by atoms with van der Waals surface area (Å²) >= 11 is 0. The van der Waals surface area contributed by atoms with E-state index in [0.717, 1.165) is 25.7 Å². The number of hydrogen-bond donors (Lipinski definition) is 4. The molecule has 4 N–H and O–H groups in total. The van der Waals surface area contributed by atoms with E-state index in [0.29, 0.717) is 22.5 Å². The molecule has 3 aromatic rings. The molecule has 1 aliphatic carbocycles. The molecule has 1 heterocycles. The average molecular weight is 437 g/mol. The molecular formula is C24H27N3O5. The van der Waals surface area contributed by atoms with Gasteiger partial charge in [-0.05, 0) is 61.4 Å². The molecule has 168 valence electrons. The topological polar surface area (TPSA) is 125 Å². The van der Waals surface area contributed by atoms with Crippen molar-refractivity contribution in [2.24, 2.45) is 5.92 Å². The van der Waals surface area contributed by atoms with Crippen LogP contribution in [0.15, 0.2) is 53.1 Å². The minimum Gasteiger partial charge on any atom is -0.394 e. The van der Waals surface area contributed by atoms with Gasteiger partial charge in [-0.2, -0.15) is 0 Å². The van der Waals surface area contributed by atoms with Crippen LogP contribution in [0.3, 0.4) is 0 Å². The first kappa shape index (κ1) is 22.0. The van der Waals surface area contributed by atoms with E-state index in [1.54, 1.807) is 12.1 Å². The van der Waals surface area contributed by atoms with Gasteiger partial charge in [-0.1, -0.05) is 29.4 Å². The number of aliphatic hydroxyl groups excluding tert-OH is 2. The maximum Gasteiger partial charge on any atom is 0.294 e. The summed E-state index contributed by atoms with van der Waals surface area (Å²) in [5, 5.41) is 28.4. The molecule has 32 heavy (non-hydrogen) atoms.